The van der Waals surface area contributed by atoms with Crippen LogP contribution >= 0.6 is 0 Å². The average Bonchev–Trinajstić information content (AvgIpc) is 2.74. The van der Waals surface area contributed by atoms with E-state index in [0.717, 1.165) is 17.4 Å². The van der Waals surface area contributed by atoms with Crippen molar-refractivity contribution in [3.8, 4) is 0 Å². The molecule has 0 spiro atoms. The van der Waals surface area contributed by atoms with Crippen molar-refractivity contribution in [3.05, 3.63) is 41.7 Å². The zero-order valence-corrected chi connectivity index (χ0v) is 8.56. The number of para-hydroxylation sites is 1. The summed E-state index contributed by atoms with van der Waals surface area (Å²) in [6, 6.07) is 8.56. The first-order valence-corrected chi connectivity index (χ1v) is 5.27. The topological polar surface area (TPSA) is 38.4 Å². The molecule has 2 N–H and O–H groups in total. The lowest BCUT2D eigenvalue weighted by molar-refractivity contribution is 0.541. The molecule has 76 valence electrons. The second kappa shape index (κ2) is 3.02. The van der Waals surface area contributed by atoms with E-state index >= 15 is 0 Å². The lowest BCUT2D eigenvalue weighted by Gasteiger charge is -2.26. The first-order chi connectivity index (χ1) is 7.37. The molecule has 1 unspecified atom stereocenters. The molecule has 3 rings (SSSR count). The van der Waals surface area contributed by atoms with E-state index in [1.807, 2.05) is 12.5 Å². The minimum absolute atomic E-state index is 0.678. The van der Waals surface area contributed by atoms with Crippen LogP contribution in [0.5, 0.6) is 0 Å². The van der Waals surface area contributed by atoms with Crippen LogP contribution in [0.3, 0.4) is 0 Å². The number of nitrogens with zero attached hydrogens (tertiary/aromatic N) is 2. The zero-order valence-electron chi connectivity index (χ0n) is 8.56. The van der Waals surface area contributed by atoms with Gasteiger partial charge in [-0.2, -0.15) is 0 Å². The minimum Gasteiger partial charge on any atom is -0.326 e. The van der Waals surface area contributed by atoms with E-state index in [-0.39, 0.29) is 0 Å². The van der Waals surface area contributed by atoms with Crippen LogP contribution in [0.25, 0.3) is 0 Å². The van der Waals surface area contributed by atoms with E-state index in [2.05, 4.69) is 29.3 Å². The summed E-state index contributed by atoms with van der Waals surface area (Å²) in [6.45, 7) is 1.59. The summed E-state index contributed by atoms with van der Waals surface area (Å²) < 4.78 is 0.757. The predicted molar refractivity (Wildman–Crippen MR) is 62.4 cm³/mol. The molecule has 3 heteroatoms. The second-order valence-corrected chi connectivity index (χ2v) is 4.07. The summed E-state index contributed by atoms with van der Waals surface area (Å²) in [5, 5.41) is 0. The van der Waals surface area contributed by atoms with Crippen molar-refractivity contribution >= 4 is 12.0 Å². The Hall–Kier alpha value is -1.45. The van der Waals surface area contributed by atoms with E-state index in [1.165, 1.54) is 16.9 Å². The van der Waals surface area contributed by atoms with Crippen molar-refractivity contribution in [2.75, 3.05) is 13.1 Å². The van der Waals surface area contributed by atoms with Crippen LogP contribution < -0.4 is 10.2 Å². The van der Waals surface area contributed by atoms with Crippen molar-refractivity contribution in [3.63, 3.8) is 0 Å². The first kappa shape index (κ1) is 8.83. The third-order valence-electron chi connectivity index (χ3n) is 3.27. The molecule has 0 amide bonds. The molecule has 0 fully saturated rings. The number of aliphatic imine (C=N–C) groups is 1. The van der Waals surface area contributed by atoms with Gasteiger partial charge in [0.15, 0.2) is 6.34 Å². The van der Waals surface area contributed by atoms with Crippen LogP contribution in [0.1, 0.15) is 5.56 Å². The van der Waals surface area contributed by atoms with Gasteiger partial charge in [-0.3, -0.25) is 0 Å². The maximum absolute atomic E-state index is 5.71. The molecule has 0 saturated heterocycles. The van der Waals surface area contributed by atoms with Crippen LogP contribution in [-0.4, -0.2) is 19.4 Å². The van der Waals surface area contributed by atoms with Gasteiger partial charge in [-0.15, -0.1) is 0 Å². The van der Waals surface area contributed by atoms with Gasteiger partial charge in [0.2, 0.25) is 0 Å². The lowest BCUT2D eigenvalue weighted by atomic mass is 10.1. The Labute approximate surface area is 89.1 Å². The summed E-state index contributed by atoms with van der Waals surface area (Å²) in [5.41, 5.74) is 9.81. The molecular weight excluding hydrogens is 186 g/mol. The van der Waals surface area contributed by atoms with Gasteiger partial charge in [-0.05, 0) is 0 Å². The third kappa shape index (κ3) is 1.05. The number of hydrogen-bond acceptors (Lipinski definition) is 2. The van der Waals surface area contributed by atoms with Gasteiger partial charge >= 0.3 is 0 Å². The molecule has 1 aromatic rings. The number of nitrogens with two attached hydrogens (primary N) is 1. The Morgan fingerprint density at radius 3 is 3.07 bits per heavy atom. The molecule has 0 aromatic heterocycles. The van der Waals surface area contributed by atoms with E-state index in [1.54, 1.807) is 0 Å². The number of allylic oxidation sites excluding steroid dienone is 1. The molecule has 0 saturated carbocycles. The molecule has 0 aliphatic carbocycles. The highest BCUT2D eigenvalue weighted by molar-refractivity contribution is 5.85. The number of hydrogen-bond donors (Lipinski definition) is 1. The van der Waals surface area contributed by atoms with Gasteiger partial charge in [0.25, 0.3) is 0 Å². The quantitative estimate of drug-likeness (QED) is 0.720. The summed E-state index contributed by atoms with van der Waals surface area (Å²) in [4.78, 5) is 4.29. The maximum atomic E-state index is 5.71. The second-order valence-electron chi connectivity index (χ2n) is 4.07. The van der Waals surface area contributed by atoms with Crippen molar-refractivity contribution in [2.45, 2.75) is 6.42 Å². The largest absolute Gasteiger partial charge is 0.326 e. The van der Waals surface area contributed by atoms with E-state index in [0.29, 0.717) is 6.54 Å². The SMILES string of the molecule is NCC[N+]12C=NC=C1Cc1ccccc12. The standard InChI is InChI=1S/C12H14N3/c13-5-6-15-9-14-8-11(15)7-10-3-1-2-4-12(10)15/h1-4,8-9H,5-7,13H2/q+1. The molecule has 2 aliphatic heterocycles. The fourth-order valence-electron chi connectivity index (χ4n) is 2.58. The van der Waals surface area contributed by atoms with Crippen molar-refractivity contribution < 1.29 is 0 Å². The van der Waals surface area contributed by atoms with Crippen molar-refractivity contribution in [1.82, 2.24) is 4.48 Å². The molecule has 3 nitrogen and oxygen atoms in total. The Morgan fingerprint density at radius 1 is 1.33 bits per heavy atom. The predicted octanol–water partition coefficient (Wildman–Crippen LogP) is 1.39. The summed E-state index contributed by atoms with van der Waals surface area (Å²) in [7, 11) is 0. The van der Waals surface area contributed by atoms with E-state index in [4.69, 9.17) is 5.73 Å². The zero-order chi connectivity index (χ0) is 10.3. The highest BCUT2D eigenvalue weighted by atomic mass is 15.4. The lowest BCUT2D eigenvalue weighted by Crippen LogP contribution is -2.46. The summed E-state index contributed by atoms with van der Waals surface area (Å²) in [6.07, 6.45) is 5.00. The molecular formula is C12H14N3+. The van der Waals surface area contributed by atoms with Gasteiger partial charge in [-0.25, -0.2) is 9.48 Å². The highest BCUT2D eigenvalue weighted by Gasteiger charge is 2.43. The molecule has 0 bridgehead atoms. The molecule has 15 heavy (non-hydrogen) atoms. The van der Waals surface area contributed by atoms with Crippen LogP contribution in [-0.2, 0) is 6.42 Å². The average molecular weight is 200 g/mol. The Kier molecular flexibility index (Phi) is 1.78. The maximum Gasteiger partial charge on any atom is 0.200 e. The fraction of sp³-hybridized carbons (Fsp3) is 0.250. The van der Waals surface area contributed by atoms with Crippen molar-refractivity contribution in [2.24, 2.45) is 10.7 Å². The van der Waals surface area contributed by atoms with Gasteiger partial charge in [0.05, 0.1) is 12.6 Å². The minimum atomic E-state index is 0.678. The molecule has 1 atom stereocenters. The van der Waals surface area contributed by atoms with E-state index < -0.39 is 0 Å². The summed E-state index contributed by atoms with van der Waals surface area (Å²) in [5.74, 6) is 0. The Bertz CT molecular complexity index is 462. The third-order valence-corrected chi connectivity index (χ3v) is 3.27. The number of benzene rings is 1. The molecule has 1 aromatic carbocycles. The molecule has 2 heterocycles. The van der Waals surface area contributed by atoms with Gasteiger partial charge in [0.1, 0.15) is 17.9 Å². The fourth-order valence-corrected chi connectivity index (χ4v) is 2.58. The van der Waals surface area contributed by atoms with Gasteiger partial charge in [0, 0.05) is 18.2 Å². The number of fused-ring (bicyclic) bond motifs is 3. The summed E-state index contributed by atoms with van der Waals surface area (Å²) >= 11 is 0. The van der Waals surface area contributed by atoms with Crippen LogP contribution in [0.4, 0.5) is 5.69 Å². The number of quaternary nitrogens is 1. The molecule has 0 radical (unpaired) electrons. The van der Waals surface area contributed by atoms with Gasteiger partial charge < -0.3 is 5.73 Å². The van der Waals surface area contributed by atoms with Crippen LogP contribution in [0, 0.1) is 0 Å². The highest BCUT2D eigenvalue weighted by Crippen LogP contribution is 2.41. The van der Waals surface area contributed by atoms with E-state index in [9.17, 15) is 0 Å². The molecule has 2 aliphatic rings. The normalized spacial score (nSPS) is 26.3. The Morgan fingerprint density at radius 2 is 2.20 bits per heavy atom. The van der Waals surface area contributed by atoms with Crippen LogP contribution in [0.15, 0.2) is 41.2 Å². The van der Waals surface area contributed by atoms with Crippen molar-refractivity contribution in [1.29, 1.82) is 0 Å². The smallest absolute Gasteiger partial charge is 0.200 e. The monoisotopic (exact) mass is 200 g/mol. The number of rotatable bonds is 2. The Balaban J connectivity index is 2.18. The van der Waals surface area contributed by atoms with Gasteiger partial charge in [-0.1, -0.05) is 18.2 Å². The van der Waals surface area contributed by atoms with Crippen LogP contribution in [0.2, 0.25) is 0 Å². The first-order valence-electron chi connectivity index (χ1n) is 5.27.